The van der Waals surface area contributed by atoms with Crippen molar-refractivity contribution in [3.63, 3.8) is 0 Å². The van der Waals surface area contributed by atoms with E-state index in [-0.39, 0.29) is 25.4 Å². The SMILES string of the molecule is CC[C@H](C)c1ccc(NC(=O)COC(=O)CCc2nc(-c3ccsc3)no2)cc1. The van der Waals surface area contributed by atoms with Crippen LogP contribution in [-0.4, -0.2) is 28.6 Å². The van der Waals surface area contributed by atoms with Gasteiger partial charge in [-0.1, -0.05) is 31.1 Å². The van der Waals surface area contributed by atoms with Gasteiger partial charge in [0.15, 0.2) is 6.61 Å². The quantitative estimate of drug-likeness (QED) is 0.522. The van der Waals surface area contributed by atoms with Crippen LogP contribution < -0.4 is 5.32 Å². The van der Waals surface area contributed by atoms with Gasteiger partial charge in [-0.3, -0.25) is 9.59 Å². The molecule has 0 saturated heterocycles. The highest BCUT2D eigenvalue weighted by molar-refractivity contribution is 7.08. The van der Waals surface area contributed by atoms with Crippen molar-refractivity contribution in [2.75, 3.05) is 11.9 Å². The maximum Gasteiger partial charge on any atom is 0.306 e. The van der Waals surface area contributed by atoms with E-state index in [0.29, 0.717) is 23.3 Å². The summed E-state index contributed by atoms with van der Waals surface area (Å²) in [5.74, 6) is 0.443. The molecule has 7 nitrogen and oxygen atoms in total. The third-order valence-corrected chi connectivity index (χ3v) is 5.21. The lowest BCUT2D eigenvalue weighted by Crippen LogP contribution is -2.21. The first-order chi connectivity index (χ1) is 14.0. The van der Waals surface area contributed by atoms with E-state index in [9.17, 15) is 9.59 Å². The summed E-state index contributed by atoms with van der Waals surface area (Å²) in [6.45, 7) is 3.95. The van der Waals surface area contributed by atoms with Crippen molar-refractivity contribution < 1.29 is 18.8 Å². The lowest BCUT2D eigenvalue weighted by Gasteiger charge is -2.10. The van der Waals surface area contributed by atoms with Crippen LogP contribution in [0.15, 0.2) is 45.6 Å². The zero-order chi connectivity index (χ0) is 20.6. The van der Waals surface area contributed by atoms with Gasteiger partial charge < -0.3 is 14.6 Å². The number of rotatable bonds is 9. The number of aryl methyl sites for hydroxylation is 1. The van der Waals surface area contributed by atoms with Crippen molar-refractivity contribution in [2.45, 2.75) is 39.0 Å². The number of thiophene rings is 1. The van der Waals surface area contributed by atoms with E-state index in [0.717, 1.165) is 12.0 Å². The molecule has 29 heavy (non-hydrogen) atoms. The Morgan fingerprint density at radius 1 is 1.24 bits per heavy atom. The van der Waals surface area contributed by atoms with Crippen LogP contribution in [0.3, 0.4) is 0 Å². The van der Waals surface area contributed by atoms with E-state index in [1.807, 2.05) is 41.1 Å². The Balaban J connectivity index is 1.39. The first-order valence-electron chi connectivity index (χ1n) is 9.45. The summed E-state index contributed by atoms with van der Waals surface area (Å²) in [5.41, 5.74) is 2.77. The number of aromatic nitrogens is 2. The number of carbonyl (C=O) groups excluding carboxylic acids is 2. The van der Waals surface area contributed by atoms with Gasteiger partial charge >= 0.3 is 5.97 Å². The van der Waals surface area contributed by atoms with E-state index >= 15 is 0 Å². The topological polar surface area (TPSA) is 94.3 Å². The fraction of sp³-hybridized carbons (Fsp3) is 0.333. The Hall–Kier alpha value is -3.00. The molecule has 0 spiro atoms. The van der Waals surface area contributed by atoms with Gasteiger partial charge in [-0.05, 0) is 41.5 Å². The molecule has 0 aliphatic rings. The molecule has 0 unspecified atom stereocenters. The molecule has 1 amide bonds. The summed E-state index contributed by atoms with van der Waals surface area (Å²) in [5, 5.41) is 10.4. The number of anilines is 1. The lowest BCUT2D eigenvalue weighted by atomic mass is 9.99. The summed E-state index contributed by atoms with van der Waals surface area (Å²) in [6.07, 6.45) is 1.37. The Morgan fingerprint density at radius 3 is 2.72 bits per heavy atom. The third-order valence-electron chi connectivity index (χ3n) is 4.53. The second kappa shape index (κ2) is 9.97. The van der Waals surface area contributed by atoms with Crippen LogP contribution in [-0.2, 0) is 20.7 Å². The minimum Gasteiger partial charge on any atom is -0.456 e. The maximum atomic E-state index is 12.0. The molecule has 8 heteroatoms. The highest BCUT2D eigenvalue weighted by Crippen LogP contribution is 2.21. The second-order valence-corrected chi connectivity index (χ2v) is 7.44. The number of ether oxygens (including phenoxy) is 1. The highest BCUT2D eigenvalue weighted by Gasteiger charge is 2.13. The van der Waals surface area contributed by atoms with Crippen LogP contribution in [0.25, 0.3) is 11.4 Å². The van der Waals surface area contributed by atoms with Gasteiger partial charge in [0.05, 0.1) is 6.42 Å². The van der Waals surface area contributed by atoms with E-state index in [4.69, 9.17) is 9.26 Å². The minimum absolute atomic E-state index is 0.0577. The molecule has 3 aromatic rings. The smallest absolute Gasteiger partial charge is 0.306 e. The summed E-state index contributed by atoms with van der Waals surface area (Å²) in [6, 6.07) is 9.57. The molecular weight excluding hydrogens is 390 g/mol. The van der Waals surface area contributed by atoms with Crippen LogP contribution in [0.2, 0.25) is 0 Å². The number of amides is 1. The van der Waals surface area contributed by atoms with Gasteiger partial charge in [0.2, 0.25) is 11.7 Å². The molecule has 2 aromatic heterocycles. The average molecular weight is 413 g/mol. The fourth-order valence-corrected chi connectivity index (χ4v) is 3.25. The first kappa shape index (κ1) is 20.7. The number of esters is 1. The van der Waals surface area contributed by atoms with Crippen LogP contribution in [0.5, 0.6) is 0 Å². The molecule has 0 bridgehead atoms. The van der Waals surface area contributed by atoms with E-state index in [1.54, 1.807) is 11.3 Å². The number of hydrogen-bond acceptors (Lipinski definition) is 7. The molecule has 0 fully saturated rings. The van der Waals surface area contributed by atoms with Gasteiger partial charge in [0.25, 0.3) is 5.91 Å². The van der Waals surface area contributed by atoms with Crippen molar-refractivity contribution in [3.05, 3.63) is 52.5 Å². The fourth-order valence-electron chi connectivity index (χ4n) is 2.62. The van der Waals surface area contributed by atoms with Crippen molar-refractivity contribution >= 4 is 28.9 Å². The zero-order valence-electron chi connectivity index (χ0n) is 16.4. The largest absolute Gasteiger partial charge is 0.456 e. The Kier molecular flexibility index (Phi) is 7.13. The molecule has 152 valence electrons. The molecule has 3 rings (SSSR count). The predicted molar refractivity (Wildman–Crippen MR) is 111 cm³/mol. The molecule has 1 atom stereocenters. The van der Waals surface area contributed by atoms with E-state index in [2.05, 4.69) is 29.3 Å². The van der Waals surface area contributed by atoms with Gasteiger partial charge in [-0.2, -0.15) is 16.3 Å². The summed E-state index contributed by atoms with van der Waals surface area (Å²) in [7, 11) is 0. The number of nitrogens with zero attached hydrogens (tertiary/aromatic N) is 2. The minimum atomic E-state index is -0.498. The predicted octanol–water partition coefficient (Wildman–Crippen LogP) is 4.43. The molecule has 0 radical (unpaired) electrons. The molecule has 1 aromatic carbocycles. The Labute approximate surface area is 173 Å². The van der Waals surface area contributed by atoms with E-state index in [1.165, 1.54) is 5.56 Å². The first-order valence-corrected chi connectivity index (χ1v) is 10.4. The molecule has 0 aliphatic carbocycles. The Morgan fingerprint density at radius 2 is 2.03 bits per heavy atom. The zero-order valence-corrected chi connectivity index (χ0v) is 17.2. The number of benzene rings is 1. The lowest BCUT2D eigenvalue weighted by molar-refractivity contribution is -0.147. The standard InChI is InChI=1S/C21H23N3O4S/c1-3-14(2)15-4-6-17(7-5-15)22-18(25)12-27-20(26)9-8-19-23-21(24-28-19)16-10-11-29-13-16/h4-7,10-11,13-14H,3,8-9,12H2,1-2H3,(H,22,25)/t14-/m0/s1. The van der Waals surface area contributed by atoms with E-state index < -0.39 is 5.97 Å². The van der Waals surface area contributed by atoms with Gasteiger partial charge in [-0.15, -0.1) is 0 Å². The summed E-state index contributed by atoms with van der Waals surface area (Å²) < 4.78 is 10.2. The van der Waals surface area contributed by atoms with Crippen LogP contribution in [0.1, 0.15) is 44.1 Å². The molecule has 0 aliphatic heterocycles. The molecular formula is C21H23N3O4S. The Bertz CT molecular complexity index is 935. The maximum absolute atomic E-state index is 12.0. The highest BCUT2D eigenvalue weighted by atomic mass is 32.1. The van der Waals surface area contributed by atoms with Gasteiger partial charge in [0, 0.05) is 23.1 Å². The molecule has 2 heterocycles. The van der Waals surface area contributed by atoms with Crippen molar-refractivity contribution in [3.8, 4) is 11.4 Å². The van der Waals surface area contributed by atoms with Crippen molar-refractivity contribution in [2.24, 2.45) is 0 Å². The summed E-state index contributed by atoms with van der Waals surface area (Å²) >= 11 is 1.54. The van der Waals surface area contributed by atoms with Crippen LogP contribution in [0, 0.1) is 0 Å². The average Bonchev–Trinajstić information content (AvgIpc) is 3.42. The van der Waals surface area contributed by atoms with Crippen molar-refractivity contribution in [1.82, 2.24) is 10.1 Å². The number of carbonyl (C=O) groups is 2. The van der Waals surface area contributed by atoms with Crippen molar-refractivity contribution in [1.29, 1.82) is 0 Å². The second-order valence-electron chi connectivity index (χ2n) is 6.66. The van der Waals surface area contributed by atoms with Crippen LogP contribution >= 0.6 is 11.3 Å². The van der Waals surface area contributed by atoms with Gasteiger partial charge in [-0.25, -0.2) is 0 Å². The monoisotopic (exact) mass is 413 g/mol. The number of hydrogen-bond donors (Lipinski definition) is 1. The third kappa shape index (κ3) is 5.99. The molecule has 0 saturated carbocycles. The summed E-state index contributed by atoms with van der Waals surface area (Å²) in [4.78, 5) is 28.1. The molecule has 1 N–H and O–H groups in total. The number of nitrogens with one attached hydrogen (secondary N) is 1. The van der Waals surface area contributed by atoms with Gasteiger partial charge in [0.1, 0.15) is 0 Å². The normalized spacial score (nSPS) is 11.8. The van der Waals surface area contributed by atoms with Crippen LogP contribution in [0.4, 0.5) is 5.69 Å².